The molecule has 2 rings (SSSR count). The second kappa shape index (κ2) is 22.4. The van der Waals surface area contributed by atoms with Crippen LogP contribution in [-0.2, 0) is 25.9 Å². The van der Waals surface area contributed by atoms with Crippen LogP contribution in [0.25, 0.3) is 0 Å². The van der Waals surface area contributed by atoms with E-state index < -0.39 is 0 Å². The quantitative estimate of drug-likeness (QED) is 0.0929. The normalized spacial score (nSPS) is 11.4. The summed E-state index contributed by atoms with van der Waals surface area (Å²) >= 11 is 0. The fourth-order valence-corrected chi connectivity index (χ4v) is 5.65. The highest BCUT2D eigenvalue weighted by atomic mass is 15.1. The SMILES string of the molecule is CCCCCCCCCCCCCCCCCCn1cc[n+](CCCc2ccccc2)c1CCCCC. The highest BCUT2D eigenvalue weighted by molar-refractivity contribution is 5.14. The number of imidazole rings is 1. The number of nitrogens with zero attached hydrogens (tertiary/aromatic N) is 2. The van der Waals surface area contributed by atoms with E-state index >= 15 is 0 Å². The largest absolute Gasteiger partial charge is 0.256 e. The predicted octanol–water partition coefficient (Wildman–Crippen LogP) is 10.4. The Bertz CT molecular complexity index is 748. The highest BCUT2D eigenvalue weighted by Gasteiger charge is 2.16. The number of aryl methyl sites for hydroxylation is 3. The summed E-state index contributed by atoms with van der Waals surface area (Å²) in [5.41, 5.74) is 1.46. The van der Waals surface area contributed by atoms with E-state index in [2.05, 4.69) is 65.7 Å². The van der Waals surface area contributed by atoms with Crippen molar-refractivity contribution in [2.75, 3.05) is 0 Å². The van der Waals surface area contributed by atoms with Gasteiger partial charge >= 0.3 is 0 Å². The van der Waals surface area contributed by atoms with Gasteiger partial charge in [-0.25, -0.2) is 9.13 Å². The number of aromatic nitrogens is 2. The van der Waals surface area contributed by atoms with E-state index in [-0.39, 0.29) is 0 Å². The lowest BCUT2D eigenvalue weighted by Crippen LogP contribution is -2.37. The van der Waals surface area contributed by atoms with Gasteiger partial charge in [-0.3, -0.25) is 0 Å². The fourth-order valence-electron chi connectivity index (χ4n) is 5.65. The van der Waals surface area contributed by atoms with Crippen molar-refractivity contribution >= 4 is 0 Å². The van der Waals surface area contributed by atoms with Crippen molar-refractivity contribution in [3.8, 4) is 0 Å². The Hall–Kier alpha value is -1.57. The summed E-state index contributed by atoms with van der Waals surface area (Å²) in [5.74, 6) is 1.56. The maximum Gasteiger partial charge on any atom is 0.256 e. The molecule has 0 aliphatic carbocycles. The first-order chi connectivity index (χ1) is 18.3. The number of hydrogen-bond donors (Lipinski definition) is 0. The Balaban J connectivity index is 1.53. The third-order valence-electron chi connectivity index (χ3n) is 8.05. The monoisotopic (exact) mass is 509 g/mol. The minimum Gasteiger partial charge on any atom is -0.234 e. The molecule has 1 aromatic carbocycles. The summed E-state index contributed by atoms with van der Waals surface area (Å²) < 4.78 is 5.12. The molecule has 0 saturated carbocycles. The predicted molar refractivity (Wildman–Crippen MR) is 162 cm³/mol. The van der Waals surface area contributed by atoms with Gasteiger partial charge in [-0.1, -0.05) is 147 Å². The van der Waals surface area contributed by atoms with Crippen molar-refractivity contribution in [2.24, 2.45) is 0 Å². The molecule has 0 amide bonds. The zero-order valence-corrected chi connectivity index (χ0v) is 24.9. The third-order valence-corrected chi connectivity index (χ3v) is 8.05. The second-order valence-corrected chi connectivity index (χ2v) is 11.5. The van der Waals surface area contributed by atoms with Gasteiger partial charge in [0.1, 0.15) is 12.4 Å². The van der Waals surface area contributed by atoms with Crippen molar-refractivity contribution < 1.29 is 4.57 Å². The van der Waals surface area contributed by atoms with Crippen molar-refractivity contribution in [2.45, 2.75) is 168 Å². The lowest BCUT2D eigenvalue weighted by atomic mass is 10.0. The number of hydrogen-bond acceptors (Lipinski definition) is 0. The summed E-state index contributed by atoms with van der Waals surface area (Å²) in [7, 11) is 0. The lowest BCUT2D eigenvalue weighted by molar-refractivity contribution is -0.704. The Morgan fingerprint density at radius 3 is 1.62 bits per heavy atom. The number of benzene rings is 1. The van der Waals surface area contributed by atoms with Crippen LogP contribution >= 0.6 is 0 Å². The fraction of sp³-hybridized carbons (Fsp3) is 0.743. The molecule has 37 heavy (non-hydrogen) atoms. The minimum absolute atomic E-state index is 1.14. The number of rotatable bonds is 25. The molecule has 0 N–H and O–H groups in total. The molecule has 2 aromatic rings. The summed E-state index contributed by atoms with van der Waals surface area (Å²) in [6.07, 6.45) is 35.3. The molecule has 0 atom stereocenters. The van der Waals surface area contributed by atoms with Gasteiger partial charge in [0, 0.05) is 6.42 Å². The Morgan fingerprint density at radius 1 is 0.541 bits per heavy atom. The molecule has 1 heterocycles. The van der Waals surface area contributed by atoms with Gasteiger partial charge in [0.05, 0.1) is 13.1 Å². The van der Waals surface area contributed by atoms with Crippen molar-refractivity contribution in [3.63, 3.8) is 0 Å². The summed E-state index contributed by atoms with van der Waals surface area (Å²) in [6.45, 7) is 6.95. The van der Waals surface area contributed by atoms with Crippen LogP contribution in [0.5, 0.6) is 0 Å². The average Bonchev–Trinajstić information content (AvgIpc) is 3.30. The molecule has 2 heteroatoms. The Kier molecular flexibility index (Phi) is 19.2. The first-order valence-corrected chi connectivity index (χ1v) is 16.5. The van der Waals surface area contributed by atoms with Gasteiger partial charge in [-0.05, 0) is 37.7 Å². The highest BCUT2D eigenvalue weighted by Crippen LogP contribution is 2.14. The maximum absolute atomic E-state index is 2.57. The molecule has 0 unspecified atom stereocenters. The molecule has 0 aliphatic rings. The van der Waals surface area contributed by atoms with Crippen LogP contribution in [-0.4, -0.2) is 4.57 Å². The molecule has 0 spiro atoms. The summed E-state index contributed by atoms with van der Waals surface area (Å²) in [6, 6.07) is 11.0. The van der Waals surface area contributed by atoms with Crippen molar-refractivity contribution in [1.29, 1.82) is 0 Å². The smallest absolute Gasteiger partial charge is 0.234 e. The number of unbranched alkanes of at least 4 members (excludes halogenated alkanes) is 17. The molecule has 0 aliphatic heterocycles. The average molecular weight is 510 g/mol. The van der Waals surface area contributed by atoms with Crippen LogP contribution in [0.2, 0.25) is 0 Å². The van der Waals surface area contributed by atoms with E-state index in [9.17, 15) is 0 Å². The van der Waals surface area contributed by atoms with Crippen LogP contribution < -0.4 is 4.57 Å². The van der Waals surface area contributed by atoms with E-state index in [1.165, 1.54) is 153 Å². The van der Waals surface area contributed by atoms with Crippen LogP contribution in [0.4, 0.5) is 0 Å². The topological polar surface area (TPSA) is 8.81 Å². The van der Waals surface area contributed by atoms with Crippen molar-refractivity contribution in [1.82, 2.24) is 4.57 Å². The van der Waals surface area contributed by atoms with Crippen LogP contribution in [0.3, 0.4) is 0 Å². The van der Waals surface area contributed by atoms with Gasteiger partial charge in [0.2, 0.25) is 0 Å². The molecular formula is C35H61N2+. The van der Waals surface area contributed by atoms with Gasteiger partial charge in [0.15, 0.2) is 0 Å². The van der Waals surface area contributed by atoms with Gasteiger partial charge < -0.3 is 0 Å². The zero-order chi connectivity index (χ0) is 26.2. The first kappa shape index (κ1) is 31.6. The van der Waals surface area contributed by atoms with E-state index in [4.69, 9.17) is 0 Å². The molecule has 0 radical (unpaired) electrons. The minimum atomic E-state index is 1.14. The molecule has 0 saturated heterocycles. The second-order valence-electron chi connectivity index (χ2n) is 11.5. The Labute approximate surface area is 231 Å². The molecule has 2 nitrogen and oxygen atoms in total. The van der Waals surface area contributed by atoms with Gasteiger partial charge in [0.25, 0.3) is 5.82 Å². The summed E-state index contributed by atoms with van der Waals surface area (Å²) in [5, 5.41) is 0. The zero-order valence-electron chi connectivity index (χ0n) is 24.9. The van der Waals surface area contributed by atoms with E-state index in [1.807, 2.05) is 0 Å². The van der Waals surface area contributed by atoms with E-state index in [0.29, 0.717) is 0 Å². The first-order valence-electron chi connectivity index (χ1n) is 16.5. The molecule has 210 valence electrons. The molecule has 1 aromatic heterocycles. The van der Waals surface area contributed by atoms with Crippen LogP contribution in [0.1, 0.15) is 154 Å². The van der Waals surface area contributed by atoms with Gasteiger partial charge in [-0.15, -0.1) is 0 Å². The van der Waals surface area contributed by atoms with E-state index in [0.717, 1.165) is 6.54 Å². The maximum atomic E-state index is 2.57. The third kappa shape index (κ3) is 15.4. The molecule has 0 fully saturated rings. The van der Waals surface area contributed by atoms with Crippen LogP contribution in [0, 0.1) is 0 Å². The molecule has 0 bridgehead atoms. The Morgan fingerprint density at radius 2 is 1.05 bits per heavy atom. The summed E-state index contributed by atoms with van der Waals surface area (Å²) in [4.78, 5) is 0. The van der Waals surface area contributed by atoms with Gasteiger partial charge in [-0.2, -0.15) is 0 Å². The standard InChI is InChI=1S/C35H61N2/c1-3-5-7-8-9-10-11-12-13-14-15-16-17-18-19-24-30-36-32-33-37(35(36)29-21-6-4-2)31-25-28-34-26-22-20-23-27-34/h20,22-23,26-27,32-33H,3-19,21,24-25,28-31H2,1-2H3/q+1. The van der Waals surface area contributed by atoms with Crippen molar-refractivity contribution in [3.05, 3.63) is 54.1 Å². The van der Waals surface area contributed by atoms with Crippen LogP contribution in [0.15, 0.2) is 42.7 Å². The molecular weight excluding hydrogens is 448 g/mol. The lowest BCUT2D eigenvalue weighted by Gasteiger charge is -2.07. The van der Waals surface area contributed by atoms with E-state index in [1.54, 1.807) is 5.82 Å².